The molecule has 2 amide bonds. The fourth-order valence-corrected chi connectivity index (χ4v) is 4.28. The monoisotopic (exact) mass is 501 g/mol. The van der Waals surface area contributed by atoms with Gasteiger partial charge in [-0.15, -0.1) is 5.06 Å². The largest absolute Gasteiger partial charge is 0.461 e. The van der Waals surface area contributed by atoms with Gasteiger partial charge in [0, 0.05) is 25.7 Å². The van der Waals surface area contributed by atoms with Crippen molar-refractivity contribution >= 4 is 23.8 Å². The van der Waals surface area contributed by atoms with E-state index in [9.17, 15) is 19.2 Å². The second kappa shape index (κ2) is 18.6. The van der Waals surface area contributed by atoms with Crippen molar-refractivity contribution in [3.63, 3.8) is 0 Å². The summed E-state index contributed by atoms with van der Waals surface area (Å²) >= 11 is 0. The molecule has 36 heavy (non-hydrogen) atoms. The van der Waals surface area contributed by atoms with E-state index in [0.717, 1.165) is 37.7 Å². The van der Waals surface area contributed by atoms with Gasteiger partial charge >= 0.3 is 11.9 Å². The van der Waals surface area contributed by atoms with Gasteiger partial charge in [0.2, 0.25) is 0 Å². The van der Waals surface area contributed by atoms with E-state index in [2.05, 4.69) is 0 Å². The number of nitrogens with zero attached hydrogens (tertiary/aromatic N) is 1. The molecule has 7 nitrogen and oxygen atoms in total. The molecular weight excluding hydrogens is 458 g/mol. The van der Waals surface area contributed by atoms with Crippen molar-refractivity contribution in [2.75, 3.05) is 0 Å². The van der Waals surface area contributed by atoms with Gasteiger partial charge in [0.05, 0.1) is 0 Å². The number of ether oxygens (including phenoxy) is 1. The number of benzene rings is 1. The lowest BCUT2D eigenvalue weighted by Gasteiger charge is -2.12. The van der Waals surface area contributed by atoms with Gasteiger partial charge < -0.3 is 9.57 Å². The Labute approximate surface area is 215 Å². The van der Waals surface area contributed by atoms with Crippen molar-refractivity contribution in [2.24, 2.45) is 0 Å². The Balaban J connectivity index is 1.27. The molecule has 1 aromatic rings. The lowest BCUT2D eigenvalue weighted by atomic mass is 10.0. The van der Waals surface area contributed by atoms with E-state index in [1.165, 1.54) is 57.8 Å². The molecule has 1 heterocycles. The van der Waals surface area contributed by atoms with Crippen molar-refractivity contribution < 1.29 is 28.8 Å². The van der Waals surface area contributed by atoms with Crippen LogP contribution in [0, 0.1) is 0 Å². The van der Waals surface area contributed by atoms with E-state index >= 15 is 0 Å². The van der Waals surface area contributed by atoms with Gasteiger partial charge in [-0.05, 0) is 18.4 Å². The van der Waals surface area contributed by atoms with Gasteiger partial charge in [0.25, 0.3) is 11.8 Å². The second-order valence-electron chi connectivity index (χ2n) is 9.64. The number of imide groups is 1. The Morgan fingerprint density at radius 3 is 1.50 bits per heavy atom. The summed E-state index contributed by atoms with van der Waals surface area (Å²) in [5, 5.41) is 0.620. The van der Waals surface area contributed by atoms with Crippen LogP contribution in [0.15, 0.2) is 30.3 Å². The Morgan fingerprint density at radius 2 is 1.03 bits per heavy atom. The summed E-state index contributed by atoms with van der Waals surface area (Å²) in [5.41, 5.74) is 1.03. The van der Waals surface area contributed by atoms with Gasteiger partial charge in [-0.2, -0.15) is 0 Å². The normalized spacial score (nSPS) is 13.3. The summed E-state index contributed by atoms with van der Waals surface area (Å²) in [6.07, 6.45) is 17.0. The highest BCUT2D eigenvalue weighted by molar-refractivity contribution is 6.01. The number of esters is 1. The van der Waals surface area contributed by atoms with Crippen molar-refractivity contribution in [1.82, 2.24) is 5.06 Å². The maximum Gasteiger partial charge on any atom is 0.333 e. The fourth-order valence-electron chi connectivity index (χ4n) is 4.28. The van der Waals surface area contributed by atoms with Crippen LogP contribution in [0.5, 0.6) is 0 Å². The first kappa shape index (κ1) is 29.5. The number of unbranched alkanes of at least 4 members (excludes halogenated alkanes) is 13. The molecule has 1 aromatic carbocycles. The molecule has 0 spiro atoms. The maximum absolute atomic E-state index is 11.8. The van der Waals surface area contributed by atoms with Gasteiger partial charge in [-0.3, -0.25) is 14.4 Å². The van der Waals surface area contributed by atoms with E-state index < -0.39 is 17.8 Å². The van der Waals surface area contributed by atoms with E-state index in [1.54, 1.807) is 0 Å². The first-order chi connectivity index (χ1) is 17.6. The first-order valence-electron chi connectivity index (χ1n) is 13.8. The molecule has 0 bridgehead atoms. The minimum Gasteiger partial charge on any atom is -0.461 e. The Morgan fingerprint density at radius 1 is 0.611 bits per heavy atom. The van der Waals surface area contributed by atoms with Crippen LogP contribution in [0.1, 0.15) is 121 Å². The average Bonchev–Trinajstić information content (AvgIpc) is 3.19. The number of carbonyl (C=O) groups is 4. The molecule has 200 valence electrons. The molecule has 1 saturated heterocycles. The number of hydrogen-bond acceptors (Lipinski definition) is 6. The van der Waals surface area contributed by atoms with Crippen molar-refractivity contribution in [3.05, 3.63) is 35.9 Å². The zero-order valence-corrected chi connectivity index (χ0v) is 21.7. The van der Waals surface area contributed by atoms with E-state index in [-0.39, 0.29) is 25.2 Å². The molecule has 1 aliphatic heterocycles. The fraction of sp³-hybridized carbons (Fsp3) is 0.655. The first-order valence-corrected chi connectivity index (χ1v) is 13.8. The van der Waals surface area contributed by atoms with Crippen LogP contribution in [-0.4, -0.2) is 28.8 Å². The molecule has 0 aromatic heterocycles. The number of carbonyl (C=O) groups excluding carboxylic acids is 4. The number of rotatable bonds is 20. The lowest BCUT2D eigenvalue weighted by molar-refractivity contribution is -0.197. The molecule has 1 fully saturated rings. The molecule has 0 aliphatic carbocycles. The van der Waals surface area contributed by atoms with E-state index in [0.29, 0.717) is 18.1 Å². The van der Waals surface area contributed by atoms with E-state index in [4.69, 9.17) is 9.57 Å². The second-order valence-corrected chi connectivity index (χ2v) is 9.64. The zero-order chi connectivity index (χ0) is 25.8. The minimum atomic E-state index is -0.500. The van der Waals surface area contributed by atoms with Gasteiger partial charge in [-0.25, -0.2) is 4.79 Å². The van der Waals surface area contributed by atoms with Gasteiger partial charge in [0.15, 0.2) is 0 Å². The molecule has 1 aliphatic rings. The number of amides is 2. The minimum absolute atomic E-state index is 0.103. The van der Waals surface area contributed by atoms with Crippen LogP contribution in [0.3, 0.4) is 0 Å². The molecule has 0 radical (unpaired) electrons. The Kier molecular flexibility index (Phi) is 15.2. The standard InChI is InChI=1S/C29H43NO6/c31-26-22-23-27(32)30(26)36-29(34)21-17-12-10-8-6-4-2-1-3-5-7-9-11-16-20-28(33)35-24-25-18-14-13-15-19-25/h13-15,18-19H,1-12,16-17,20-24H2. The predicted molar refractivity (Wildman–Crippen MR) is 137 cm³/mol. The number of hydrogen-bond donors (Lipinski definition) is 0. The molecule has 0 atom stereocenters. The van der Waals surface area contributed by atoms with Crippen LogP contribution in [0.2, 0.25) is 0 Å². The summed E-state index contributed by atoms with van der Waals surface area (Å²) in [4.78, 5) is 51.2. The molecule has 0 N–H and O–H groups in total. The Bertz CT molecular complexity index is 778. The molecule has 2 rings (SSSR count). The smallest absolute Gasteiger partial charge is 0.333 e. The van der Waals surface area contributed by atoms with Crippen molar-refractivity contribution in [3.8, 4) is 0 Å². The SMILES string of the molecule is O=C(CCCCCCCCCCCCCCCCC(=O)ON1C(=O)CCC1=O)OCc1ccccc1. The summed E-state index contributed by atoms with van der Waals surface area (Å²) in [6, 6.07) is 9.78. The lowest BCUT2D eigenvalue weighted by Crippen LogP contribution is -2.31. The van der Waals surface area contributed by atoms with Crippen LogP contribution in [0.25, 0.3) is 0 Å². The molecule has 7 heteroatoms. The molecular formula is C29H43NO6. The Hall–Kier alpha value is -2.70. The van der Waals surface area contributed by atoms with Gasteiger partial charge in [0.1, 0.15) is 6.61 Å². The third-order valence-electron chi connectivity index (χ3n) is 6.45. The third-order valence-corrected chi connectivity index (χ3v) is 6.45. The van der Waals surface area contributed by atoms with Crippen LogP contribution in [-0.2, 0) is 35.4 Å². The van der Waals surface area contributed by atoms with Gasteiger partial charge in [-0.1, -0.05) is 107 Å². The van der Waals surface area contributed by atoms with Crippen LogP contribution in [0.4, 0.5) is 0 Å². The maximum atomic E-state index is 11.8. The zero-order valence-electron chi connectivity index (χ0n) is 21.7. The molecule has 0 saturated carbocycles. The summed E-state index contributed by atoms with van der Waals surface area (Å²) in [5.74, 6) is -1.46. The highest BCUT2D eigenvalue weighted by atomic mass is 16.7. The van der Waals surface area contributed by atoms with Crippen molar-refractivity contribution in [2.45, 2.75) is 122 Å². The van der Waals surface area contributed by atoms with Crippen LogP contribution < -0.4 is 0 Å². The highest BCUT2D eigenvalue weighted by Gasteiger charge is 2.32. The summed E-state index contributed by atoms with van der Waals surface area (Å²) in [7, 11) is 0. The average molecular weight is 502 g/mol. The predicted octanol–water partition coefficient (Wildman–Crippen LogP) is 6.58. The third kappa shape index (κ3) is 13.4. The topological polar surface area (TPSA) is 90.0 Å². The van der Waals surface area contributed by atoms with Crippen LogP contribution >= 0.6 is 0 Å². The molecule has 0 unspecified atom stereocenters. The number of hydroxylamine groups is 2. The summed E-state index contributed by atoms with van der Waals surface area (Å²) in [6.45, 7) is 0.364. The summed E-state index contributed by atoms with van der Waals surface area (Å²) < 4.78 is 5.31. The quantitative estimate of drug-likeness (QED) is 0.114. The highest BCUT2D eigenvalue weighted by Crippen LogP contribution is 2.16. The van der Waals surface area contributed by atoms with Crippen molar-refractivity contribution in [1.29, 1.82) is 0 Å². The van der Waals surface area contributed by atoms with E-state index in [1.807, 2.05) is 30.3 Å².